The Morgan fingerprint density at radius 3 is 2.56 bits per heavy atom. The molecular formula is C21H25Cl2FN4O3S. The van der Waals surface area contributed by atoms with Gasteiger partial charge in [-0.3, -0.25) is 9.78 Å². The Morgan fingerprint density at radius 2 is 1.97 bits per heavy atom. The van der Waals surface area contributed by atoms with Crippen LogP contribution in [0.1, 0.15) is 42.7 Å². The first-order chi connectivity index (χ1) is 15.1. The van der Waals surface area contributed by atoms with Gasteiger partial charge in [-0.15, -0.1) is 0 Å². The van der Waals surface area contributed by atoms with Gasteiger partial charge in [0.15, 0.2) is 0 Å². The summed E-state index contributed by atoms with van der Waals surface area (Å²) in [5.41, 5.74) is -0.458. The molecule has 7 nitrogen and oxygen atoms in total. The highest BCUT2D eigenvalue weighted by molar-refractivity contribution is 7.87. The number of hydrogen-bond acceptors (Lipinski definition) is 4. The second-order valence-electron chi connectivity index (χ2n) is 7.71. The third-order valence-electron chi connectivity index (χ3n) is 5.86. The van der Waals surface area contributed by atoms with Crippen LogP contribution < -0.4 is 10.0 Å². The van der Waals surface area contributed by atoms with Gasteiger partial charge in [-0.25, -0.2) is 9.11 Å². The number of nitrogens with one attached hydrogen (secondary N) is 2. The molecule has 3 rings (SSSR count). The number of hydrogen-bond donors (Lipinski definition) is 2. The molecule has 1 amide bonds. The van der Waals surface area contributed by atoms with Gasteiger partial charge in [-0.2, -0.15) is 12.7 Å². The molecule has 32 heavy (non-hydrogen) atoms. The van der Waals surface area contributed by atoms with Crippen LogP contribution in [-0.4, -0.2) is 49.3 Å². The van der Waals surface area contributed by atoms with Crippen molar-refractivity contribution in [2.24, 2.45) is 0 Å². The second kappa shape index (κ2) is 10.0. The summed E-state index contributed by atoms with van der Waals surface area (Å²) in [6.07, 6.45) is 2.05. The largest absolute Gasteiger partial charge is 0.349 e. The molecule has 1 fully saturated rings. The van der Waals surface area contributed by atoms with Crippen LogP contribution in [0, 0.1) is 5.82 Å². The monoisotopic (exact) mass is 502 g/mol. The van der Waals surface area contributed by atoms with Crippen LogP contribution in [0.2, 0.25) is 10.0 Å². The molecule has 0 bridgehead atoms. The van der Waals surface area contributed by atoms with Gasteiger partial charge < -0.3 is 5.32 Å². The maximum atomic E-state index is 14.8. The van der Waals surface area contributed by atoms with Crippen LogP contribution in [0.15, 0.2) is 36.5 Å². The van der Waals surface area contributed by atoms with E-state index in [1.807, 2.05) is 0 Å². The van der Waals surface area contributed by atoms with Crippen molar-refractivity contribution in [3.63, 3.8) is 0 Å². The average Bonchev–Trinajstić information content (AvgIpc) is 2.74. The SMILES string of the molecule is CCNS(=O)(=O)N1CCC(c2ncccc2F)(C(C)NC(=O)c2ccc(Cl)cc2Cl)CC1. The fraction of sp³-hybridized carbons (Fsp3) is 0.429. The van der Waals surface area contributed by atoms with Crippen molar-refractivity contribution in [3.05, 3.63) is 63.6 Å². The van der Waals surface area contributed by atoms with E-state index < -0.39 is 33.4 Å². The van der Waals surface area contributed by atoms with Crippen molar-refractivity contribution in [1.29, 1.82) is 0 Å². The van der Waals surface area contributed by atoms with E-state index in [-0.39, 0.29) is 48.8 Å². The first kappa shape index (κ1) is 24.9. The highest BCUT2D eigenvalue weighted by Gasteiger charge is 2.46. The van der Waals surface area contributed by atoms with Crippen LogP contribution in [0.25, 0.3) is 0 Å². The van der Waals surface area contributed by atoms with E-state index in [1.54, 1.807) is 19.9 Å². The first-order valence-electron chi connectivity index (χ1n) is 10.2. The number of nitrogens with zero attached hydrogens (tertiary/aromatic N) is 2. The lowest BCUT2D eigenvalue weighted by atomic mass is 9.70. The molecular weight excluding hydrogens is 478 g/mol. The Morgan fingerprint density at radius 1 is 1.28 bits per heavy atom. The van der Waals surface area contributed by atoms with Gasteiger partial charge >= 0.3 is 0 Å². The van der Waals surface area contributed by atoms with Gasteiger partial charge in [0, 0.05) is 42.3 Å². The Bertz CT molecular complexity index is 1090. The third-order valence-corrected chi connectivity index (χ3v) is 8.11. The average molecular weight is 503 g/mol. The number of rotatable bonds is 7. The Balaban J connectivity index is 1.91. The van der Waals surface area contributed by atoms with Crippen LogP contribution in [0.5, 0.6) is 0 Å². The number of piperidine rings is 1. The molecule has 0 aliphatic carbocycles. The lowest BCUT2D eigenvalue weighted by Gasteiger charge is -2.44. The van der Waals surface area contributed by atoms with Crippen molar-refractivity contribution in [3.8, 4) is 0 Å². The normalized spacial score (nSPS) is 17.7. The summed E-state index contributed by atoms with van der Waals surface area (Å²) in [7, 11) is -3.63. The number of pyridine rings is 1. The standard InChI is InChI=1S/C21H25Cl2FN4O3S/c1-3-26-32(30,31)28-11-8-21(9-12-28,19-18(24)5-4-10-25-19)14(2)27-20(29)16-7-6-15(22)13-17(16)23/h4-7,10,13-14,26H,3,8-9,11-12H2,1-2H3,(H,27,29). The molecule has 1 atom stereocenters. The molecule has 1 aromatic heterocycles. The zero-order valence-electron chi connectivity index (χ0n) is 17.7. The van der Waals surface area contributed by atoms with E-state index in [0.29, 0.717) is 5.02 Å². The number of carbonyl (C=O) groups is 1. The lowest BCUT2D eigenvalue weighted by molar-refractivity contribution is 0.0890. The summed E-state index contributed by atoms with van der Waals surface area (Å²) in [5.74, 6) is -0.932. The highest BCUT2D eigenvalue weighted by Crippen LogP contribution is 2.39. The molecule has 1 unspecified atom stereocenters. The first-order valence-corrected chi connectivity index (χ1v) is 12.4. The number of halogens is 3. The Labute approximate surface area is 197 Å². The van der Waals surface area contributed by atoms with Gasteiger partial charge in [0.25, 0.3) is 16.1 Å². The molecule has 1 saturated heterocycles. The molecule has 11 heteroatoms. The van der Waals surface area contributed by atoms with Gasteiger partial charge in [-0.05, 0) is 50.1 Å². The van der Waals surface area contributed by atoms with Crippen molar-refractivity contribution >= 4 is 39.3 Å². The van der Waals surface area contributed by atoms with E-state index in [1.165, 1.54) is 34.8 Å². The fourth-order valence-corrected chi connectivity index (χ4v) is 5.82. The fourth-order valence-electron chi connectivity index (χ4n) is 4.11. The minimum atomic E-state index is -3.63. The van der Waals surface area contributed by atoms with Crippen molar-refractivity contribution in [1.82, 2.24) is 19.3 Å². The minimum Gasteiger partial charge on any atom is -0.349 e. The van der Waals surface area contributed by atoms with Crippen molar-refractivity contribution in [2.45, 2.75) is 38.1 Å². The molecule has 1 aliphatic rings. The Kier molecular flexibility index (Phi) is 7.77. The smallest absolute Gasteiger partial charge is 0.279 e. The van der Waals surface area contributed by atoms with E-state index in [9.17, 15) is 17.6 Å². The molecule has 0 spiro atoms. The minimum absolute atomic E-state index is 0.160. The van der Waals surface area contributed by atoms with Gasteiger partial charge in [0.2, 0.25) is 0 Å². The number of aromatic nitrogens is 1. The van der Waals surface area contributed by atoms with Gasteiger partial charge in [0.05, 0.1) is 16.3 Å². The number of amides is 1. The molecule has 1 aliphatic heterocycles. The molecule has 0 radical (unpaired) electrons. The maximum Gasteiger partial charge on any atom is 0.279 e. The predicted molar refractivity (Wildman–Crippen MR) is 123 cm³/mol. The van der Waals surface area contributed by atoms with Crippen LogP contribution >= 0.6 is 23.2 Å². The predicted octanol–water partition coefficient (Wildman–Crippen LogP) is 3.53. The zero-order valence-corrected chi connectivity index (χ0v) is 20.1. The second-order valence-corrected chi connectivity index (χ2v) is 10.3. The maximum absolute atomic E-state index is 14.8. The summed E-state index contributed by atoms with van der Waals surface area (Å²) < 4.78 is 43.5. The summed E-state index contributed by atoms with van der Waals surface area (Å²) in [6.45, 7) is 4.06. The van der Waals surface area contributed by atoms with Crippen LogP contribution in [0.3, 0.4) is 0 Å². The highest BCUT2D eigenvalue weighted by atomic mass is 35.5. The topological polar surface area (TPSA) is 91.4 Å². The molecule has 1 aromatic carbocycles. The number of carbonyl (C=O) groups excluding carboxylic acids is 1. The van der Waals surface area contributed by atoms with Crippen molar-refractivity contribution in [2.75, 3.05) is 19.6 Å². The summed E-state index contributed by atoms with van der Waals surface area (Å²) in [6, 6.07) is 6.80. The lowest BCUT2D eigenvalue weighted by Crippen LogP contribution is -2.57. The van der Waals surface area contributed by atoms with E-state index >= 15 is 0 Å². The molecule has 2 aromatic rings. The Hall–Kier alpha value is -1.78. The molecule has 2 heterocycles. The van der Waals surface area contributed by atoms with E-state index in [2.05, 4.69) is 15.0 Å². The third kappa shape index (κ3) is 5.07. The summed E-state index contributed by atoms with van der Waals surface area (Å²) in [4.78, 5) is 17.2. The summed E-state index contributed by atoms with van der Waals surface area (Å²) in [5, 5.41) is 3.52. The quantitative estimate of drug-likeness (QED) is 0.605. The van der Waals surface area contributed by atoms with Crippen molar-refractivity contribution < 1.29 is 17.6 Å². The molecule has 174 valence electrons. The molecule has 2 N–H and O–H groups in total. The number of benzene rings is 1. The zero-order chi connectivity index (χ0) is 23.5. The van der Waals surface area contributed by atoms with Gasteiger partial charge in [0.1, 0.15) is 5.82 Å². The summed E-state index contributed by atoms with van der Waals surface area (Å²) >= 11 is 12.1. The van der Waals surface area contributed by atoms with Crippen LogP contribution in [-0.2, 0) is 15.6 Å². The molecule has 0 saturated carbocycles. The van der Waals surface area contributed by atoms with Crippen LogP contribution in [0.4, 0.5) is 4.39 Å². The van der Waals surface area contributed by atoms with Gasteiger partial charge in [-0.1, -0.05) is 30.1 Å². The van der Waals surface area contributed by atoms with E-state index in [0.717, 1.165) is 0 Å². The van der Waals surface area contributed by atoms with E-state index in [4.69, 9.17) is 23.2 Å².